The Morgan fingerprint density at radius 3 is 2.86 bits per heavy atom. The number of carbonyl (C=O) groups is 1. The summed E-state index contributed by atoms with van der Waals surface area (Å²) in [5, 5.41) is 18.4. The van der Waals surface area contributed by atoms with Gasteiger partial charge in [-0.05, 0) is 30.4 Å². The third-order valence-corrected chi connectivity index (χ3v) is 2.68. The van der Waals surface area contributed by atoms with Crippen LogP contribution in [0, 0.1) is 0 Å². The molecule has 74 valence electrons. The maximum atomic E-state index is 10.5. The van der Waals surface area contributed by atoms with Crippen LogP contribution >= 0.6 is 0 Å². The molecule has 3 nitrogen and oxygen atoms in total. The van der Waals surface area contributed by atoms with Crippen LogP contribution in [0.5, 0.6) is 5.75 Å². The molecule has 0 heterocycles. The summed E-state index contributed by atoms with van der Waals surface area (Å²) in [5.74, 6) is -0.708. The SMILES string of the molecule is O=C(O)Cc1ccc2c(c1O)CCC2. The van der Waals surface area contributed by atoms with Crippen LogP contribution in [-0.2, 0) is 24.1 Å². The van der Waals surface area contributed by atoms with Crippen molar-refractivity contribution in [1.82, 2.24) is 0 Å². The fourth-order valence-corrected chi connectivity index (χ4v) is 2.00. The minimum Gasteiger partial charge on any atom is -0.507 e. The molecule has 1 aliphatic rings. The molecule has 0 saturated heterocycles. The number of benzene rings is 1. The van der Waals surface area contributed by atoms with Crippen molar-refractivity contribution in [2.75, 3.05) is 0 Å². The standard InChI is InChI=1S/C11H12O3/c12-10(13)6-8-5-4-7-2-1-3-9(7)11(8)14/h4-5,14H,1-3,6H2,(H,12,13). The summed E-state index contributed by atoms with van der Waals surface area (Å²) < 4.78 is 0. The van der Waals surface area contributed by atoms with Gasteiger partial charge in [-0.2, -0.15) is 0 Å². The van der Waals surface area contributed by atoms with Crippen LogP contribution in [0.1, 0.15) is 23.1 Å². The van der Waals surface area contributed by atoms with Crippen molar-refractivity contribution in [2.45, 2.75) is 25.7 Å². The Bertz CT molecular complexity index is 382. The Balaban J connectivity index is 2.39. The van der Waals surface area contributed by atoms with E-state index in [9.17, 15) is 9.90 Å². The molecule has 1 aromatic carbocycles. The van der Waals surface area contributed by atoms with Crippen LogP contribution in [0.4, 0.5) is 0 Å². The molecule has 0 fully saturated rings. The van der Waals surface area contributed by atoms with E-state index in [-0.39, 0.29) is 12.2 Å². The van der Waals surface area contributed by atoms with Crippen molar-refractivity contribution in [2.24, 2.45) is 0 Å². The molecule has 0 spiro atoms. The lowest BCUT2D eigenvalue weighted by Gasteiger charge is -2.07. The lowest BCUT2D eigenvalue weighted by atomic mass is 10.0. The first-order valence-corrected chi connectivity index (χ1v) is 4.73. The second-order valence-corrected chi connectivity index (χ2v) is 3.64. The first-order valence-electron chi connectivity index (χ1n) is 4.73. The maximum absolute atomic E-state index is 10.5. The lowest BCUT2D eigenvalue weighted by molar-refractivity contribution is -0.136. The highest BCUT2D eigenvalue weighted by Crippen LogP contribution is 2.32. The average molecular weight is 192 g/mol. The van der Waals surface area contributed by atoms with E-state index >= 15 is 0 Å². The molecule has 0 bridgehead atoms. The van der Waals surface area contributed by atoms with Gasteiger partial charge in [0.1, 0.15) is 5.75 Å². The van der Waals surface area contributed by atoms with Gasteiger partial charge in [-0.15, -0.1) is 0 Å². The van der Waals surface area contributed by atoms with Crippen LogP contribution in [0.25, 0.3) is 0 Å². The molecule has 2 N–H and O–H groups in total. The number of hydrogen-bond donors (Lipinski definition) is 2. The molecule has 14 heavy (non-hydrogen) atoms. The van der Waals surface area contributed by atoms with Gasteiger partial charge in [0, 0.05) is 5.56 Å². The Morgan fingerprint density at radius 2 is 2.14 bits per heavy atom. The molecule has 1 aliphatic carbocycles. The molecule has 2 rings (SSSR count). The van der Waals surface area contributed by atoms with Gasteiger partial charge in [0.15, 0.2) is 0 Å². The predicted octanol–water partition coefficient (Wildman–Crippen LogP) is 1.51. The highest BCUT2D eigenvalue weighted by atomic mass is 16.4. The van der Waals surface area contributed by atoms with Crippen LogP contribution in [0.3, 0.4) is 0 Å². The second-order valence-electron chi connectivity index (χ2n) is 3.64. The molecule has 0 amide bonds. The van der Waals surface area contributed by atoms with E-state index in [0.717, 1.165) is 30.4 Å². The van der Waals surface area contributed by atoms with Crippen LogP contribution in [0.2, 0.25) is 0 Å². The van der Waals surface area contributed by atoms with Crippen molar-refractivity contribution in [3.63, 3.8) is 0 Å². The molecule has 0 aliphatic heterocycles. The third-order valence-electron chi connectivity index (χ3n) is 2.68. The van der Waals surface area contributed by atoms with Gasteiger partial charge in [-0.1, -0.05) is 12.1 Å². The second kappa shape index (κ2) is 3.33. The topological polar surface area (TPSA) is 57.5 Å². The molecule has 0 atom stereocenters. The zero-order valence-corrected chi connectivity index (χ0v) is 7.79. The first kappa shape index (κ1) is 9.06. The molecular weight excluding hydrogens is 180 g/mol. The molecule has 0 unspecified atom stereocenters. The number of aryl methyl sites for hydroxylation is 1. The van der Waals surface area contributed by atoms with Crippen LogP contribution in [0.15, 0.2) is 12.1 Å². The highest BCUT2D eigenvalue weighted by molar-refractivity contribution is 5.72. The minimum absolute atomic E-state index is 0.0981. The minimum atomic E-state index is -0.904. The molecule has 3 heteroatoms. The maximum Gasteiger partial charge on any atom is 0.307 e. The summed E-state index contributed by atoms with van der Waals surface area (Å²) in [7, 11) is 0. The van der Waals surface area contributed by atoms with E-state index in [0.29, 0.717) is 5.56 Å². The summed E-state index contributed by atoms with van der Waals surface area (Å²) in [4.78, 5) is 10.5. The molecule has 0 radical (unpaired) electrons. The number of aromatic hydroxyl groups is 1. The van der Waals surface area contributed by atoms with E-state index in [2.05, 4.69) is 0 Å². The summed E-state index contributed by atoms with van der Waals surface area (Å²) in [6, 6.07) is 3.65. The van der Waals surface area contributed by atoms with E-state index < -0.39 is 5.97 Å². The van der Waals surface area contributed by atoms with Crippen molar-refractivity contribution < 1.29 is 15.0 Å². The smallest absolute Gasteiger partial charge is 0.307 e. The molecule has 1 aromatic rings. The van der Waals surface area contributed by atoms with Gasteiger partial charge in [-0.3, -0.25) is 4.79 Å². The average Bonchev–Trinajstić information content (AvgIpc) is 2.57. The fourth-order valence-electron chi connectivity index (χ4n) is 2.00. The van der Waals surface area contributed by atoms with E-state index in [1.165, 1.54) is 0 Å². The summed E-state index contributed by atoms with van der Waals surface area (Å²) in [5.41, 5.74) is 2.64. The fraction of sp³-hybridized carbons (Fsp3) is 0.364. The number of phenolic OH excluding ortho intramolecular Hbond substituents is 1. The number of phenols is 1. The Hall–Kier alpha value is -1.51. The predicted molar refractivity (Wildman–Crippen MR) is 51.5 cm³/mol. The third kappa shape index (κ3) is 1.45. The molecular formula is C11H12O3. The molecule has 0 saturated carbocycles. The van der Waals surface area contributed by atoms with Gasteiger partial charge in [0.05, 0.1) is 6.42 Å². The number of hydrogen-bond acceptors (Lipinski definition) is 2. The zero-order chi connectivity index (χ0) is 10.1. The Labute approximate surface area is 82.0 Å². The lowest BCUT2D eigenvalue weighted by Crippen LogP contribution is -2.01. The van der Waals surface area contributed by atoms with Crippen molar-refractivity contribution >= 4 is 5.97 Å². The van der Waals surface area contributed by atoms with Crippen molar-refractivity contribution in [1.29, 1.82) is 0 Å². The largest absolute Gasteiger partial charge is 0.507 e. The number of aliphatic carboxylic acids is 1. The summed E-state index contributed by atoms with van der Waals surface area (Å²) >= 11 is 0. The van der Waals surface area contributed by atoms with Gasteiger partial charge in [-0.25, -0.2) is 0 Å². The van der Waals surface area contributed by atoms with E-state index in [1.807, 2.05) is 6.07 Å². The monoisotopic (exact) mass is 192 g/mol. The number of carboxylic acid groups (broad SMARTS) is 1. The van der Waals surface area contributed by atoms with Crippen LogP contribution in [-0.4, -0.2) is 16.2 Å². The van der Waals surface area contributed by atoms with Crippen molar-refractivity contribution in [3.05, 3.63) is 28.8 Å². The first-order chi connectivity index (χ1) is 6.68. The summed E-state index contributed by atoms with van der Waals surface area (Å²) in [6.07, 6.45) is 2.82. The van der Waals surface area contributed by atoms with Crippen molar-refractivity contribution in [3.8, 4) is 5.75 Å². The zero-order valence-electron chi connectivity index (χ0n) is 7.79. The quantitative estimate of drug-likeness (QED) is 0.746. The summed E-state index contributed by atoms with van der Waals surface area (Å²) in [6.45, 7) is 0. The Kier molecular flexibility index (Phi) is 2.15. The van der Waals surface area contributed by atoms with Gasteiger partial charge in [0.25, 0.3) is 0 Å². The van der Waals surface area contributed by atoms with E-state index in [1.54, 1.807) is 6.07 Å². The van der Waals surface area contributed by atoms with Crippen LogP contribution < -0.4 is 0 Å². The normalized spacial score (nSPS) is 14.0. The number of carboxylic acids is 1. The number of rotatable bonds is 2. The van der Waals surface area contributed by atoms with Gasteiger partial charge < -0.3 is 10.2 Å². The van der Waals surface area contributed by atoms with Gasteiger partial charge in [0.2, 0.25) is 0 Å². The van der Waals surface area contributed by atoms with E-state index in [4.69, 9.17) is 5.11 Å². The number of fused-ring (bicyclic) bond motifs is 1. The molecule has 0 aromatic heterocycles. The highest BCUT2D eigenvalue weighted by Gasteiger charge is 2.18. The Morgan fingerprint density at radius 1 is 1.36 bits per heavy atom. The van der Waals surface area contributed by atoms with Gasteiger partial charge >= 0.3 is 5.97 Å².